The van der Waals surface area contributed by atoms with E-state index in [2.05, 4.69) is 20.1 Å². The molecule has 0 unspecified atom stereocenters. The van der Waals surface area contributed by atoms with Crippen LogP contribution in [0.4, 0.5) is 14.5 Å². The van der Waals surface area contributed by atoms with Crippen LogP contribution in [0.1, 0.15) is 35.3 Å². The lowest BCUT2D eigenvalue weighted by Gasteiger charge is -2.32. The highest BCUT2D eigenvalue weighted by atomic mass is 32.1. The molecular formula is C24H28F2N6O2S. The topological polar surface area (TPSA) is 100 Å². The van der Waals surface area contributed by atoms with Crippen LogP contribution in [0.2, 0.25) is 0 Å². The number of carbonyl (C=O) groups is 1. The number of benzene rings is 1. The van der Waals surface area contributed by atoms with Crippen LogP contribution in [-0.4, -0.2) is 71.9 Å². The van der Waals surface area contributed by atoms with E-state index in [9.17, 15) is 4.79 Å². The minimum Gasteiger partial charge on any atom is -0.379 e. The monoisotopic (exact) mass is 502 g/mol. The van der Waals surface area contributed by atoms with Crippen molar-refractivity contribution in [2.45, 2.75) is 25.2 Å². The first-order valence-corrected chi connectivity index (χ1v) is 12.6. The van der Waals surface area contributed by atoms with Crippen molar-refractivity contribution in [3.8, 4) is 21.0 Å². The molecule has 5 rings (SSSR count). The lowest BCUT2D eigenvalue weighted by atomic mass is 9.99. The quantitative estimate of drug-likeness (QED) is 0.511. The maximum Gasteiger partial charge on any atom is 0.285 e. The van der Waals surface area contributed by atoms with Gasteiger partial charge in [-0.25, -0.2) is 4.98 Å². The summed E-state index contributed by atoms with van der Waals surface area (Å²) in [5.74, 6) is -3.77. The molecule has 2 aliphatic rings. The number of H-pyrrole nitrogens is 1. The zero-order valence-corrected chi connectivity index (χ0v) is 20.1. The van der Waals surface area contributed by atoms with E-state index in [1.807, 2.05) is 0 Å². The maximum absolute atomic E-state index is 15.5. The number of alkyl halides is 2. The second kappa shape index (κ2) is 10.00. The van der Waals surface area contributed by atoms with Crippen molar-refractivity contribution in [2.75, 3.05) is 50.8 Å². The zero-order valence-electron chi connectivity index (χ0n) is 19.3. The van der Waals surface area contributed by atoms with Gasteiger partial charge in [0.05, 0.1) is 30.8 Å². The smallest absolute Gasteiger partial charge is 0.285 e. The molecule has 0 aliphatic carbocycles. The summed E-state index contributed by atoms with van der Waals surface area (Å²) in [6, 6.07) is 4.78. The molecule has 3 N–H and O–H groups in total. The van der Waals surface area contributed by atoms with Gasteiger partial charge < -0.3 is 15.4 Å². The van der Waals surface area contributed by atoms with Gasteiger partial charge in [-0.1, -0.05) is 6.07 Å². The number of nitrogens with one attached hydrogen (secondary N) is 1. The van der Waals surface area contributed by atoms with Gasteiger partial charge in [-0.05, 0) is 31.4 Å². The van der Waals surface area contributed by atoms with Crippen molar-refractivity contribution in [2.24, 2.45) is 5.73 Å². The van der Waals surface area contributed by atoms with E-state index in [0.717, 1.165) is 38.0 Å². The number of nitrogens with two attached hydrogens (primary N) is 1. The Morgan fingerprint density at radius 2 is 1.94 bits per heavy atom. The summed E-state index contributed by atoms with van der Waals surface area (Å²) in [5.41, 5.74) is 7.78. The molecule has 1 amide bonds. The second-order valence-electron chi connectivity index (χ2n) is 8.92. The van der Waals surface area contributed by atoms with Gasteiger partial charge in [0, 0.05) is 54.8 Å². The van der Waals surface area contributed by atoms with E-state index < -0.39 is 11.8 Å². The summed E-state index contributed by atoms with van der Waals surface area (Å²) in [6.07, 6.45) is 6.47. The Morgan fingerprint density at radius 1 is 1.17 bits per heavy atom. The van der Waals surface area contributed by atoms with Gasteiger partial charge >= 0.3 is 0 Å². The van der Waals surface area contributed by atoms with E-state index in [1.165, 1.54) is 23.5 Å². The van der Waals surface area contributed by atoms with Crippen LogP contribution in [0.5, 0.6) is 0 Å². The largest absolute Gasteiger partial charge is 0.379 e. The van der Waals surface area contributed by atoms with Crippen LogP contribution in [-0.2, 0) is 10.7 Å². The third kappa shape index (κ3) is 5.07. The Kier molecular flexibility index (Phi) is 6.81. The van der Waals surface area contributed by atoms with Gasteiger partial charge in [-0.3, -0.25) is 14.8 Å². The lowest BCUT2D eigenvalue weighted by Crippen LogP contribution is -2.42. The minimum atomic E-state index is -3.07. The average molecular weight is 503 g/mol. The molecule has 2 aliphatic heterocycles. The Balaban J connectivity index is 1.59. The number of aromatic nitrogens is 3. The summed E-state index contributed by atoms with van der Waals surface area (Å²) in [4.78, 5) is 21.2. The molecule has 186 valence electrons. The van der Waals surface area contributed by atoms with Crippen molar-refractivity contribution < 1.29 is 18.3 Å². The molecule has 0 spiro atoms. The number of piperidine rings is 1. The standard InChI is InChI=1S/C24H28F2N6O2S/c25-24(26,15-31-8-10-34-11-9-31)17-4-5-19(32-6-2-1-3-7-32)18(12-17)21-20(22(27)33)30-23(35-21)16-13-28-29-14-16/h4-5,12-14H,1-3,6-11,15H2,(H2,27,33)(H,28,29). The molecule has 4 heterocycles. The van der Waals surface area contributed by atoms with E-state index in [4.69, 9.17) is 10.5 Å². The fourth-order valence-electron chi connectivity index (χ4n) is 4.65. The summed E-state index contributed by atoms with van der Waals surface area (Å²) in [6.45, 7) is 3.13. The molecular weight excluding hydrogens is 474 g/mol. The SMILES string of the molecule is NC(=O)c1nc(-c2cn[nH]c2)sc1-c1cc(C(F)(F)CN2CCOCC2)ccc1N1CCCCC1. The first kappa shape index (κ1) is 23.8. The number of anilines is 1. The summed E-state index contributed by atoms with van der Waals surface area (Å²) < 4.78 is 36.3. The number of hydrogen-bond donors (Lipinski definition) is 2. The van der Waals surface area contributed by atoms with Crippen LogP contribution >= 0.6 is 11.3 Å². The fraction of sp³-hybridized carbons (Fsp3) is 0.458. The number of primary amides is 1. The zero-order chi connectivity index (χ0) is 24.4. The van der Waals surface area contributed by atoms with Crippen LogP contribution in [0.15, 0.2) is 30.6 Å². The highest BCUT2D eigenvalue weighted by Crippen LogP contribution is 2.43. The van der Waals surface area contributed by atoms with Crippen molar-refractivity contribution >= 4 is 22.9 Å². The number of morpholine rings is 1. The first-order chi connectivity index (χ1) is 16.9. The Labute approximate surface area is 206 Å². The van der Waals surface area contributed by atoms with Gasteiger partial charge in [0.1, 0.15) is 10.7 Å². The summed E-state index contributed by atoms with van der Waals surface area (Å²) >= 11 is 1.26. The number of amides is 1. The summed E-state index contributed by atoms with van der Waals surface area (Å²) in [5, 5.41) is 7.24. The van der Waals surface area contributed by atoms with Crippen molar-refractivity contribution in [3.05, 3.63) is 41.9 Å². The molecule has 35 heavy (non-hydrogen) atoms. The predicted molar refractivity (Wildman–Crippen MR) is 131 cm³/mol. The number of nitrogens with zero attached hydrogens (tertiary/aromatic N) is 4. The molecule has 2 saturated heterocycles. The molecule has 0 atom stereocenters. The number of ether oxygens (including phenoxy) is 1. The van der Waals surface area contributed by atoms with E-state index in [1.54, 1.807) is 23.4 Å². The molecule has 1 aromatic carbocycles. The van der Waals surface area contributed by atoms with Crippen LogP contribution < -0.4 is 10.6 Å². The second-order valence-corrected chi connectivity index (χ2v) is 9.92. The molecule has 0 radical (unpaired) electrons. The molecule has 8 nitrogen and oxygen atoms in total. The van der Waals surface area contributed by atoms with E-state index in [0.29, 0.717) is 47.3 Å². The van der Waals surface area contributed by atoms with Crippen molar-refractivity contribution in [1.29, 1.82) is 0 Å². The summed E-state index contributed by atoms with van der Waals surface area (Å²) in [7, 11) is 0. The molecule has 2 aromatic heterocycles. The number of thiazole rings is 1. The average Bonchev–Trinajstić information content (AvgIpc) is 3.55. The van der Waals surface area contributed by atoms with Crippen LogP contribution in [0.3, 0.4) is 0 Å². The van der Waals surface area contributed by atoms with Gasteiger partial charge in [0.15, 0.2) is 0 Å². The van der Waals surface area contributed by atoms with Crippen LogP contribution in [0.25, 0.3) is 21.0 Å². The van der Waals surface area contributed by atoms with E-state index in [-0.39, 0.29) is 17.8 Å². The third-order valence-electron chi connectivity index (χ3n) is 6.49. The Bertz CT molecular complexity index is 1170. The van der Waals surface area contributed by atoms with Gasteiger partial charge in [0.2, 0.25) is 0 Å². The van der Waals surface area contributed by atoms with Gasteiger partial charge in [0.25, 0.3) is 11.8 Å². The van der Waals surface area contributed by atoms with Gasteiger partial charge in [-0.2, -0.15) is 13.9 Å². The fourth-order valence-corrected chi connectivity index (χ4v) is 5.72. The van der Waals surface area contributed by atoms with Gasteiger partial charge in [-0.15, -0.1) is 11.3 Å². The molecule has 0 bridgehead atoms. The molecule has 3 aromatic rings. The highest BCUT2D eigenvalue weighted by Gasteiger charge is 2.36. The van der Waals surface area contributed by atoms with E-state index >= 15 is 8.78 Å². The maximum atomic E-state index is 15.5. The number of halogens is 2. The normalized spacial score (nSPS) is 17.6. The molecule has 11 heteroatoms. The molecule has 0 saturated carbocycles. The Morgan fingerprint density at radius 3 is 2.63 bits per heavy atom. The number of aromatic amines is 1. The van der Waals surface area contributed by atoms with Crippen LogP contribution in [0, 0.1) is 0 Å². The number of rotatable bonds is 7. The van der Waals surface area contributed by atoms with Crippen molar-refractivity contribution in [1.82, 2.24) is 20.1 Å². The van der Waals surface area contributed by atoms with Crippen molar-refractivity contribution in [3.63, 3.8) is 0 Å². The number of carbonyl (C=O) groups excluding carboxylic acids is 1. The third-order valence-corrected chi connectivity index (χ3v) is 7.63. The predicted octanol–water partition coefficient (Wildman–Crippen LogP) is 3.71. The highest BCUT2D eigenvalue weighted by molar-refractivity contribution is 7.18. The Hall–Kier alpha value is -2.89. The lowest BCUT2D eigenvalue weighted by molar-refractivity contribution is -0.0616. The first-order valence-electron chi connectivity index (χ1n) is 11.8. The molecule has 2 fully saturated rings. The minimum absolute atomic E-state index is 0.0816. The number of hydrogen-bond acceptors (Lipinski definition) is 7.